The van der Waals surface area contributed by atoms with Crippen LogP contribution in [0.4, 0.5) is 4.79 Å². The van der Waals surface area contributed by atoms with Crippen LogP contribution in [0.15, 0.2) is 22.8 Å². The fraction of sp³-hybridized carbons (Fsp3) is 0.600. The summed E-state index contributed by atoms with van der Waals surface area (Å²) in [5.41, 5.74) is 5.26. The number of nitrogens with zero attached hydrogens (tertiary/aromatic N) is 1. The number of likely N-dealkylation sites (tertiary alicyclic amines) is 1. The van der Waals surface area contributed by atoms with E-state index < -0.39 is 6.03 Å². The summed E-state index contributed by atoms with van der Waals surface area (Å²) in [5.74, 6) is 0.611. The Morgan fingerprint density at radius 1 is 1.50 bits per heavy atom. The third kappa shape index (κ3) is 5.07. The summed E-state index contributed by atoms with van der Waals surface area (Å²) < 4.78 is 10.6. The summed E-state index contributed by atoms with van der Waals surface area (Å²) in [6, 6.07) is 3.22. The number of rotatable bonds is 7. The number of nitrogens with two attached hydrogens (primary N) is 1. The summed E-state index contributed by atoms with van der Waals surface area (Å²) in [4.78, 5) is 24.7. The van der Waals surface area contributed by atoms with E-state index in [-0.39, 0.29) is 11.8 Å². The van der Waals surface area contributed by atoms with E-state index in [0.717, 1.165) is 25.0 Å². The van der Waals surface area contributed by atoms with Crippen LogP contribution in [0.25, 0.3) is 0 Å². The molecule has 1 fully saturated rings. The minimum Gasteiger partial charge on any atom is -0.467 e. The molecule has 7 nitrogen and oxygen atoms in total. The van der Waals surface area contributed by atoms with Crippen LogP contribution in [-0.2, 0) is 16.1 Å². The molecule has 0 aliphatic carbocycles. The lowest BCUT2D eigenvalue weighted by Gasteiger charge is -2.30. The molecule has 1 saturated heterocycles. The van der Waals surface area contributed by atoms with E-state index in [1.54, 1.807) is 6.26 Å². The first kappa shape index (κ1) is 16.4. The van der Waals surface area contributed by atoms with E-state index >= 15 is 0 Å². The molecule has 1 aromatic rings. The van der Waals surface area contributed by atoms with Gasteiger partial charge in [-0.15, -0.1) is 0 Å². The molecule has 3 amide bonds. The molecule has 2 rings (SSSR count). The maximum absolute atomic E-state index is 12.0. The molecule has 1 aliphatic heterocycles. The second-order valence-electron chi connectivity index (χ2n) is 5.40. The van der Waals surface area contributed by atoms with E-state index in [4.69, 9.17) is 14.9 Å². The zero-order chi connectivity index (χ0) is 15.8. The Kier molecular flexibility index (Phi) is 6.27. The Bertz CT molecular complexity index is 475. The predicted molar refractivity (Wildman–Crippen MR) is 79.9 cm³/mol. The number of furan rings is 1. The van der Waals surface area contributed by atoms with Gasteiger partial charge in [0.1, 0.15) is 12.4 Å². The normalized spacial score (nSPS) is 18.2. The summed E-state index contributed by atoms with van der Waals surface area (Å²) in [5, 5.41) is 2.88. The Hall–Kier alpha value is -2.02. The second-order valence-corrected chi connectivity index (χ2v) is 5.40. The Morgan fingerprint density at radius 2 is 2.36 bits per heavy atom. The van der Waals surface area contributed by atoms with Gasteiger partial charge in [0.05, 0.1) is 12.2 Å². The highest BCUT2D eigenvalue weighted by atomic mass is 16.5. The molecule has 0 aromatic carbocycles. The van der Waals surface area contributed by atoms with E-state index in [1.807, 2.05) is 12.1 Å². The highest BCUT2D eigenvalue weighted by Gasteiger charge is 2.26. The molecule has 1 aliphatic rings. The van der Waals surface area contributed by atoms with E-state index in [2.05, 4.69) is 5.32 Å². The summed E-state index contributed by atoms with van der Waals surface area (Å²) >= 11 is 0. The lowest BCUT2D eigenvalue weighted by molar-refractivity contribution is -0.126. The zero-order valence-electron chi connectivity index (χ0n) is 12.6. The standard InChI is InChI=1S/C15H23N3O4/c16-15(20)18-7-1-4-12(10-18)14(19)17-6-3-8-21-11-13-5-2-9-22-13/h2,5,9,12H,1,3-4,6-8,10-11H2,(H2,16,20)(H,17,19). The van der Waals surface area contributed by atoms with Gasteiger partial charge >= 0.3 is 6.03 Å². The average Bonchev–Trinajstić information content (AvgIpc) is 3.04. The van der Waals surface area contributed by atoms with Crippen LogP contribution in [-0.4, -0.2) is 43.1 Å². The van der Waals surface area contributed by atoms with Crippen molar-refractivity contribution in [1.82, 2.24) is 10.2 Å². The molecule has 1 unspecified atom stereocenters. The Labute approximate surface area is 129 Å². The molecular formula is C15H23N3O4. The number of urea groups is 1. The second kappa shape index (κ2) is 8.43. The Morgan fingerprint density at radius 3 is 3.09 bits per heavy atom. The van der Waals surface area contributed by atoms with Crippen LogP contribution in [0.1, 0.15) is 25.0 Å². The molecule has 3 N–H and O–H groups in total. The van der Waals surface area contributed by atoms with Crippen molar-refractivity contribution in [2.45, 2.75) is 25.9 Å². The fourth-order valence-corrected chi connectivity index (χ4v) is 2.49. The van der Waals surface area contributed by atoms with Gasteiger partial charge in [-0.2, -0.15) is 0 Å². The van der Waals surface area contributed by atoms with E-state index in [9.17, 15) is 9.59 Å². The monoisotopic (exact) mass is 309 g/mol. The van der Waals surface area contributed by atoms with Crippen LogP contribution >= 0.6 is 0 Å². The van der Waals surface area contributed by atoms with Crippen molar-refractivity contribution in [2.24, 2.45) is 11.7 Å². The number of primary amides is 1. The van der Waals surface area contributed by atoms with Crippen molar-refractivity contribution < 1.29 is 18.7 Å². The third-order valence-electron chi connectivity index (χ3n) is 3.69. The van der Waals surface area contributed by atoms with Gasteiger partial charge in [0.15, 0.2) is 0 Å². The zero-order valence-corrected chi connectivity index (χ0v) is 12.6. The molecule has 1 atom stereocenters. The number of hydrogen-bond donors (Lipinski definition) is 2. The molecular weight excluding hydrogens is 286 g/mol. The lowest BCUT2D eigenvalue weighted by atomic mass is 9.97. The number of hydrogen-bond acceptors (Lipinski definition) is 4. The number of carbonyl (C=O) groups excluding carboxylic acids is 2. The number of ether oxygens (including phenoxy) is 1. The number of carbonyl (C=O) groups is 2. The summed E-state index contributed by atoms with van der Waals surface area (Å²) in [6.07, 6.45) is 3.95. The van der Waals surface area contributed by atoms with Gasteiger partial charge in [0.25, 0.3) is 0 Å². The molecule has 122 valence electrons. The minimum absolute atomic E-state index is 0.0167. The highest BCUT2D eigenvalue weighted by Crippen LogP contribution is 2.16. The fourth-order valence-electron chi connectivity index (χ4n) is 2.49. The van der Waals surface area contributed by atoms with Gasteiger partial charge in [-0.05, 0) is 31.4 Å². The summed E-state index contributed by atoms with van der Waals surface area (Å²) in [6.45, 7) is 2.61. The first-order valence-corrected chi connectivity index (χ1v) is 7.59. The average molecular weight is 309 g/mol. The van der Waals surface area contributed by atoms with Gasteiger partial charge in [0.2, 0.25) is 5.91 Å². The Balaban J connectivity index is 1.56. The molecule has 22 heavy (non-hydrogen) atoms. The molecule has 2 heterocycles. The topological polar surface area (TPSA) is 97.8 Å². The van der Waals surface area contributed by atoms with Crippen molar-refractivity contribution in [3.05, 3.63) is 24.2 Å². The van der Waals surface area contributed by atoms with E-state index in [1.165, 1.54) is 4.90 Å². The molecule has 1 aromatic heterocycles. The first-order valence-electron chi connectivity index (χ1n) is 7.59. The minimum atomic E-state index is -0.455. The van der Waals surface area contributed by atoms with Crippen LogP contribution in [0, 0.1) is 5.92 Å². The molecule has 0 saturated carbocycles. The van der Waals surface area contributed by atoms with Crippen LogP contribution < -0.4 is 11.1 Å². The van der Waals surface area contributed by atoms with Crippen molar-refractivity contribution in [3.63, 3.8) is 0 Å². The smallest absolute Gasteiger partial charge is 0.314 e. The molecule has 0 radical (unpaired) electrons. The van der Waals surface area contributed by atoms with Crippen LogP contribution in [0.5, 0.6) is 0 Å². The lowest BCUT2D eigenvalue weighted by Crippen LogP contribution is -2.47. The first-order chi connectivity index (χ1) is 10.7. The number of nitrogens with one attached hydrogen (secondary N) is 1. The predicted octanol–water partition coefficient (Wildman–Crippen LogP) is 1.09. The SMILES string of the molecule is NC(=O)N1CCCC(C(=O)NCCCOCc2ccco2)C1. The molecule has 0 spiro atoms. The van der Waals surface area contributed by atoms with Crippen molar-refractivity contribution in [3.8, 4) is 0 Å². The van der Waals surface area contributed by atoms with Crippen molar-refractivity contribution >= 4 is 11.9 Å². The maximum atomic E-state index is 12.0. The molecule has 7 heteroatoms. The van der Waals surface area contributed by atoms with Crippen molar-refractivity contribution in [2.75, 3.05) is 26.2 Å². The third-order valence-corrected chi connectivity index (χ3v) is 3.69. The highest BCUT2D eigenvalue weighted by molar-refractivity contribution is 5.80. The maximum Gasteiger partial charge on any atom is 0.314 e. The van der Waals surface area contributed by atoms with Gasteiger partial charge < -0.3 is 25.1 Å². The quantitative estimate of drug-likeness (QED) is 0.737. The largest absolute Gasteiger partial charge is 0.467 e. The van der Waals surface area contributed by atoms with Gasteiger partial charge in [0, 0.05) is 26.2 Å². The van der Waals surface area contributed by atoms with Gasteiger partial charge in [-0.3, -0.25) is 4.79 Å². The summed E-state index contributed by atoms with van der Waals surface area (Å²) in [7, 11) is 0. The van der Waals surface area contributed by atoms with Gasteiger partial charge in [-0.1, -0.05) is 0 Å². The van der Waals surface area contributed by atoms with Crippen LogP contribution in [0.3, 0.4) is 0 Å². The number of piperidine rings is 1. The van der Waals surface area contributed by atoms with E-state index in [0.29, 0.717) is 32.8 Å². The number of amides is 3. The van der Waals surface area contributed by atoms with Crippen molar-refractivity contribution in [1.29, 1.82) is 0 Å². The van der Waals surface area contributed by atoms with Gasteiger partial charge in [-0.25, -0.2) is 4.79 Å². The van der Waals surface area contributed by atoms with Crippen LogP contribution in [0.2, 0.25) is 0 Å². The molecule has 0 bridgehead atoms.